The highest BCUT2D eigenvalue weighted by molar-refractivity contribution is 6.22. The summed E-state index contributed by atoms with van der Waals surface area (Å²) in [6, 6.07) is 8.96. The van der Waals surface area contributed by atoms with Gasteiger partial charge in [0.2, 0.25) is 0 Å². The molecule has 0 aliphatic carbocycles. The minimum Gasteiger partial charge on any atom is -0.494 e. The molecule has 1 unspecified atom stereocenters. The molecule has 1 aliphatic rings. The number of nitro groups is 1. The fourth-order valence-electron chi connectivity index (χ4n) is 3.69. The van der Waals surface area contributed by atoms with Crippen LogP contribution in [0.4, 0.5) is 11.4 Å². The van der Waals surface area contributed by atoms with Crippen LogP contribution in [0, 0.1) is 16.0 Å². The van der Waals surface area contributed by atoms with E-state index in [1.807, 2.05) is 13.8 Å². The number of benzene rings is 2. The zero-order valence-corrected chi connectivity index (χ0v) is 19.5. The second-order valence-corrected chi connectivity index (χ2v) is 8.20. The van der Waals surface area contributed by atoms with Crippen molar-refractivity contribution in [2.24, 2.45) is 5.92 Å². The zero-order chi connectivity index (χ0) is 25.7. The van der Waals surface area contributed by atoms with E-state index in [2.05, 4.69) is 5.32 Å². The highest BCUT2D eigenvalue weighted by atomic mass is 16.6. The first-order valence-corrected chi connectivity index (χ1v) is 11.0. The Bertz CT molecular complexity index is 1140. The van der Waals surface area contributed by atoms with Crippen molar-refractivity contribution in [3.05, 3.63) is 63.7 Å². The number of nitrogens with zero attached hydrogens (tertiary/aromatic N) is 2. The monoisotopic (exact) mass is 483 g/mol. The summed E-state index contributed by atoms with van der Waals surface area (Å²) < 4.78 is 10.4. The second kappa shape index (κ2) is 10.8. The summed E-state index contributed by atoms with van der Waals surface area (Å²) in [5.41, 5.74) is -0.0999. The summed E-state index contributed by atoms with van der Waals surface area (Å²) in [6.07, 6.45) is 0.135. The molecule has 1 aliphatic heterocycles. The van der Waals surface area contributed by atoms with Crippen LogP contribution in [0.2, 0.25) is 0 Å². The quantitative estimate of drug-likeness (QED) is 0.235. The number of esters is 1. The zero-order valence-electron chi connectivity index (χ0n) is 19.5. The summed E-state index contributed by atoms with van der Waals surface area (Å²) in [6.45, 7) is 4.90. The predicted octanol–water partition coefficient (Wildman–Crippen LogP) is 3.19. The standard InChI is InChI=1S/C24H25N3O8/c1-4-34-15-9-10-18(19(12-15)27(32)33)25-21(28)13-35-24(31)20(11-14(2)3)26-22(29)16-7-5-6-8-17(16)23(26)30/h5-10,12,14,20H,4,11,13H2,1-3H3,(H,25,28). The number of amides is 3. The molecule has 1 N–H and O–H groups in total. The van der Waals surface area contributed by atoms with Gasteiger partial charge in [-0.05, 0) is 43.5 Å². The van der Waals surface area contributed by atoms with Gasteiger partial charge in [-0.15, -0.1) is 0 Å². The molecule has 0 spiro atoms. The van der Waals surface area contributed by atoms with Crippen molar-refractivity contribution < 1.29 is 33.6 Å². The van der Waals surface area contributed by atoms with Crippen LogP contribution in [0.15, 0.2) is 42.5 Å². The minimum atomic E-state index is -1.23. The second-order valence-electron chi connectivity index (χ2n) is 8.20. The molecule has 184 valence electrons. The fraction of sp³-hybridized carbons (Fsp3) is 0.333. The van der Waals surface area contributed by atoms with Gasteiger partial charge in [-0.3, -0.25) is 29.4 Å². The first-order chi connectivity index (χ1) is 16.6. The Labute approximate surface area is 201 Å². The molecule has 11 nitrogen and oxygen atoms in total. The van der Waals surface area contributed by atoms with Crippen LogP contribution in [0.5, 0.6) is 5.75 Å². The number of carbonyl (C=O) groups is 4. The molecular weight excluding hydrogens is 458 g/mol. The minimum absolute atomic E-state index is 0.0720. The lowest BCUT2D eigenvalue weighted by atomic mass is 10.0. The first-order valence-electron chi connectivity index (χ1n) is 11.0. The molecule has 2 aromatic rings. The number of anilines is 1. The van der Waals surface area contributed by atoms with Crippen LogP contribution in [-0.4, -0.2) is 52.8 Å². The lowest BCUT2D eigenvalue weighted by Gasteiger charge is -2.25. The van der Waals surface area contributed by atoms with E-state index in [0.29, 0.717) is 6.61 Å². The number of imide groups is 1. The van der Waals surface area contributed by atoms with Crippen LogP contribution in [0.3, 0.4) is 0 Å². The molecular formula is C24H25N3O8. The Balaban J connectivity index is 1.71. The Kier molecular flexibility index (Phi) is 7.80. The van der Waals surface area contributed by atoms with Crippen LogP contribution in [0.25, 0.3) is 0 Å². The average molecular weight is 483 g/mol. The third kappa shape index (κ3) is 5.62. The van der Waals surface area contributed by atoms with E-state index in [4.69, 9.17) is 9.47 Å². The molecule has 0 saturated heterocycles. The van der Waals surface area contributed by atoms with Gasteiger partial charge in [0.1, 0.15) is 17.5 Å². The van der Waals surface area contributed by atoms with Crippen molar-refractivity contribution in [2.45, 2.75) is 33.2 Å². The number of hydrogen-bond acceptors (Lipinski definition) is 8. The Morgan fingerprint density at radius 2 is 1.71 bits per heavy atom. The lowest BCUT2D eigenvalue weighted by Crippen LogP contribution is -2.46. The van der Waals surface area contributed by atoms with Crippen LogP contribution < -0.4 is 10.1 Å². The maximum absolute atomic E-state index is 12.9. The Morgan fingerprint density at radius 1 is 1.09 bits per heavy atom. The van der Waals surface area contributed by atoms with Crippen molar-refractivity contribution in [1.82, 2.24) is 4.90 Å². The van der Waals surface area contributed by atoms with Gasteiger partial charge < -0.3 is 14.8 Å². The molecule has 1 heterocycles. The molecule has 11 heteroatoms. The normalized spacial score (nSPS) is 13.4. The van der Waals surface area contributed by atoms with Gasteiger partial charge in [0.05, 0.1) is 28.7 Å². The van der Waals surface area contributed by atoms with Gasteiger partial charge >= 0.3 is 5.97 Å². The van der Waals surface area contributed by atoms with Crippen molar-refractivity contribution in [3.8, 4) is 5.75 Å². The van der Waals surface area contributed by atoms with E-state index in [9.17, 15) is 29.3 Å². The molecule has 3 amide bonds. The van der Waals surface area contributed by atoms with Gasteiger partial charge in [0, 0.05) is 0 Å². The van der Waals surface area contributed by atoms with E-state index in [-0.39, 0.29) is 40.6 Å². The van der Waals surface area contributed by atoms with E-state index in [1.165, 1.54) is 30.3 Å². The van der Waals surface area contributed by atoms with Crippen LogP contribution >= 0.6 is 0 Å². The predicted molar refractivity (Wildman–Crippen MR) is 124 cm³/mol. The molecule has 1 atom stereocenters. The van der Waals surface area contributed by atoms with E-state index in [1.54, 1.807) is 19.1 Å². The third-order valence-electron chi connectivity index (χ3n) is 5.20. The number of ether oxygens (including phenoxy) is 2. The Morgan fingerprint density at radius 3 is 2.26 bits per heavy atom. The number of nitrogens with one attached hydrogen (secondary N) is 1. The summed E-state index contributed by atoms with van der Waals surface area (Å²) in [5.74, 6) is -2.77. The van der Waals surface area contributed by atoms with Gasteiger partial charge in [0.15, 0.2) is 6.61 Å². The van der Waals surface area contributed by atoms with Gasteiger partial charge in [-0.1, -0.05) is 26.0 Å². The molecule has 0 radical (unpaired) electrons. The molecule has 2 aromatic carbocycles. The van der Waals surface area contributed by atoms with Crippen molar-refractivity contribution in [3.63, 3.8) is 0 Å². The van der Waals surface area contributed by atoms with Gasteiger partial charge in [-0.2, -0.15) is 0 Å². The van der Waals surface area contributed by atoms with E-state index >= 15 is 0 Å². The van der Waals surface area contributed by atoms with E-state index < -0.39 is 41.3 Å². The summed E-state index contributed by atoms with van der Waals surface area (Å²) in [5, 5.41) is 13.7. The number of hydrogen-bond donors (Lipinski definition) is 1. The number of carbonyl (C=O) groups excluding carboxylic acids is 4. The highest BCUT2D eigenvalue weighted by Gasteiger charge is 2.43. The van der Waals surface area contributed by atoms with Crippen molar-refractivity contribution >= 4 is 35.1 Å². The van der Waals surface area contributed by atoms with E-state index in [0.717, 1.165) is 4.90 Å². The molecule has 0 saturated carbocycles. The largest absolute Gasteiger partial charge is 0.494 e. The van der Waals surface area contributed by atoms with Crippen LogP contribution in [0.1, 0.15) is 47.9 Å². The third-order valence-corrected chi connectivity index (χ3v) is 5.20. The number of rotatable bonds is 10. The number of fused-ring (bicyclic) bond motifs is 1. The average Bonchev–Trinajstić information content (AvgIpc) is 3.07. The topological polar surface area (TPSA) is 145 Å². The first kappa shape index (κ1) is 25.3. The van der Waals surface area contributed by atoms with Crippen molar-refractivity contribution in [2.75, 3.05) is 18.5 Å². The summed E-state index contributed by atoms with van der Waals surface area (Å²) >= 11 is 0. The molecule has 35 heavy (non-hydrogen) atoms. The maximum atomic E-state index is 12.9. The van der Waals surface area contributed by atoms with Crippen LogP contribution in [-0.2, 0) is 14.3 Å². The number of nitro benzene ring substituents is 1. The smallest absolute Gasteiger partial charge is 0.329 e. The summed E-state index contributed by atoms with van der Waals surface area (Å²) in [7, 11) is 0. The maximum Gasteiger partial charge on any atom is 0.329 e. The SMILES string of the molecule is CCOc1ccc(NC(=O)COC(=O)C(CC(C)C)N2C(=O)c3ccccc3C2=O)c([N+](=O)[O-])c1. The molecule has 3 rings (SSSR count). The molecule has 0 bridgehead atoms. The molecule has 0 fully saturated rings. The molecule has 0 aromatic heterocycles. The van der Waals surface area contributed by atoms with Crippen molar-refractivity contribution in [1.29, 1.82) is 0 Å². The fourth-order valence-corrected chi connectivity index (χ4v) is 3.69. The Hall–Kier alpha value is -4.28. The van der Waals surface area contributed by atoms with Gasteiger partial charge in [-0.25, -0.2) is 4.79 Å². The van der Waals surface area contributed by atoms with Gasteiger partial charge in [0.25, 0.3) is 23.4 Å². The highest BCUT2D eigenvalue weighted by Crippen LogP contribution is 2.30. The summed E-state index contributed by atoms with van der Waals surface area (Å²) in [4.78, 5) is 62.5. The lowest BCUT2D eigenvalue weighted by molar-refractivity contribution is -0.384.